The van der Waals surface area contributed by atoms with E-state index >= 15 is 0 Å². The summed E-state index contributed by atoms with van der Waals surface area (Å²) in [6, 6.07) is 8.25. The Labute approximate surface area is 222 Å². The van der Waals surface area contributed by atoms with E-state index in [2.05, 4.69) is 37.0 Å². The van der Waals surface area contributed by atoms with Gasteiger partial charge in [0.05, 0.1) is 24.1 Å². The third-order valence-electron chi connectivity index (χ3n) is 6.51. The Hall–Kier alpha value is -3.06. The summed E-state index contributed by atoms with van der Waals surface area (Å²) in [6.07, 6.45) is 4.66. The minimum Gasteiger partial charge on any atom is -0.466 e. The van der Waals surface area contributed by atoms with Crippen LogP contribution in [-0.2, 0) is 9.53 Å². The number of carbonyl (C=O) groups excluding carboxylic acids is 2. The predicted octanol–water partition coefficient (Wildman–Crippen LogP) is 6.13. The molecule has 0 aliphatic carbocycles. The van der Waals surface area contributed by atoms with Crippen molar-refractivity contribution in [2.45, 2.75) is 91.8 Å². The van der Waals surface area contributed by atoms with E-state index in [1.54, 1.807) is 17.6 Å². The first-order chi connectivity index (χ1) is 17.6. The van der Waals surface area contributed by atoms with Gasteiger partial charge >= 0.3 is 5.97 Å². The number of likely N-dealkylation sites (tertiary alicyclic amines) is 1. The molecule has 1 fully saturated rings. The average molecular weight is 512 g/mol. The maximum atomic E-state index is 13.3. The van der Waals surface area contributed by atoms with Crippen molar-refractivity contribution in [2.24, 2.45) is 0 Å². The zero-order chi connectivity index (χ0) is 28.1. The molecule has 0 amide bonds. The molecule has 3 rings (SSSR count). The van der Waals surface area contributed by atoms with Crippen molar-refractivity contribution in [1.82, 2.24) is 14.5 Å². The van der Waals surface area contributed by atoms with Gasteiger partial charge in [0.2, 0.25) is 0 Å². The molecule has 0 spiro atoms. The summed E-state index contributed by atoms with van der Waals surface area (Å²) in [7, 11) is 2.13. The molecular formula is C30H45N3O4. The van der Waals surface area contributed by atoms with Crippen LogP contribution >= 0.6 is 0 Å². The van der Waals surface area contributed by atoms with Gasteiger partial charge in [0.25, 0.3) is 5.56 Å². The molecule has 2 heterocycles. The van der Waals surface area contributed by atoms with E-state index in [1.807, 2.05) is 52.0 Å². The second-order valence-electron chi connectivity index (χ2n) is 9.23. The summed E-state index contributed by atoms with van der Waals surface area (Å²) >= 11 is 0. The van der Waals surface area contributed by atoms with Crippen LogP contribution in [-0.4, -0.2) is 51.9 Å². The molecule has 0 N–H and O–H groups in total. The number of hydrogen-bond donors (Lipinski definition) is 0. The van der Waals surface area contributed by atoms with E-state index < -0.39 is 11.8 Å². The van der Waals surface area contributed by atoms with Crippen LogP contribution in [0.15, 0.2) is 53.9 Å². The molecule has 1 aromatic carbocycles. The van der Waals surface area contributed by atoms with Crippen LogP contribution in [0.1, 0.15) is 90.2 Å². The van der Waals surface area contributed by atoms with Gasteiger partial charge in [-0.15, -0.1) is 0 Å². The van der Waals surface area contributed by atoms with E-state index in [4.69, 9.17) is 4.74 Å². The highest BCUT2D eigenvalue weighted by Crippen LogP contribution is 2.29. The van der Waals surface area contributed by atoms with Crippen LogP contribution < -0.4 is 5.56 Å². The van der Waals surface area contributed by atoms with Crippen molar-refractivity contribution < 1.29 is 14.3 Å². The molecule has 0 saturated carbocycles. The van der Waals surface area contributed by atoms with Crippen LogP contribution in [0.25, 0.3) is 11.0 Å². The van der Waals surface area contributed by atoms with E-state index in [9.17, 15) is 14.4 Å². The molecule has 37 heavy (non-hydrogen) atoms. The fourth-order valence-electron chi connectivity index (χ4n) is 4.32. The van der Waals surface area contributed by atoms with Crippen LogP contribution in [0.2, 0.25) is 0 Å². The Morgan fingerprint density at radius 3 is 2.38 bits per heavy atom. The number of carbonyl (C=O) groups is 2. The predicted molar refractivity (Wildman–Crippen MR) is 152 cm³/mol. The lowest BCUT2D eigenvalue weighted by atomic mass is 10.0. The average Bonchev–Trinajstić information content (AvgIpc) is 3.20. The van der Waals surface area contributed by atoms with E-state index in [0.717, 1.165) is 30.4 Å². The maximum absolute atomic E-state index is 13.3. The number of hydrogen-bond acceptors (Lipinski definition) is 6. The Morgan fingerprint density at radius 2 is 1.84 bits per heavy atom. The van der Waals surface area contributed by atoms with Crippen molar-refractivity contribution in [3.8, 4) is 0 Å². The molecular weight excluding hydrogens is 466 g/mol. The molecule has 3 atom stereocenters. The highest BCUT2D eigenvalue weighted by molar-refractivity contribution is 5.97. The van der Waals surface area contributed by atoms with Gasteiger partial charge in [-0.1, -0.05) is 50.8 Å². The normalized spacial score (nSPS) is 17.6. The second-order valence-corrected chi connectivity index (χ2v) is 9.23. The molecule has 7 heteroatoms. The molecule has 1 aliphatic heterocycles. The lowest BCUT2D eigenvalue weighted by Gasteiger charge is -2.27. The Balaban J connectivity index is 0.000000874. The molecule has 1 saturated heterocycles. The number of fused-ring (bicyclic) bond motifs is 1. The van der Waals surface area contributed by atoms with E-state index in [0.29, 0.717) is 17.6 Å². The SMILES string of the molecule is C=CC(=C)C.CC.CCOC(=O)CCC(=O)c1nc2ccccc2n(C(C)CC2CCC(C)N2C)c1=O. The number of aromatic nitrogens is 2. The van der Waals surface area contributed by atoms with Crippen LogP contribution in [0.5, 0.6) is 0 Å². The highest BCUT2D eigenvalue weighted by Gasteiger charge is 2.30. The number of esters is 1. The number of benzene rings is 1. The molecule has 3 unspecified atom stereocenters. The van der Waals surface area contributed by atoms with Gasteiger partial charge in [-0.05, 0) is 66.1 Å². The summed E-state index contributed by atoms with van der Waals surface area (Å²) < 4.78 is 6.59. The Bertz CT molecular complexity index is 1120. The summed E-state index contributed by atoms with van der Waals surface area (Å²) in [5.74, 6) is -0.870. The lowest BCUT2D eigenvalue weighted by molar-refractivity contribution is -0.143. The minimum atomic E-state index is -0.446. The quantitative estimate of drug-likeness (QED) is 0.229. The third kappa shape index (κ3) is 9.08. The molecule has 204 valence electrons. The molecule has 2 aromatic rings. The maximum Gasteiger partial charge on any atom is 0.306 e. The zero-order valence-corrected chi connectivity index (χ0v) is 23.8. The first-order valence-corrected chi connectivity index (χ1v) is 13.3. The Morgan fingerprint density at radius 1 is 1.22 bits per heavy atom. The van der Waals surface area contributed by atoms with Crippen molar-refractivity contribution in [2.75, 3.05) is 13.7 Å². The summed E-state index contributed by atoms with van der Waals surface area (Å²) in [5.41, 5.74) is 1.87. The van der Waals surface area contributed by atoms with Crippen LogP contribution in [0.4, 0.5) is 0 Å². The van der Waals surface area contributed by atoms with E-state index in [-0.39, 0.29) is 36.7 Å². The smallest absolute Gasteiger partial charge is 0.306 e. The fraction of sp³-hybridized carbons (Fsp3) is 0.533. The number of ether oxygens (including phenoxy) is 1. The van der Waals surface area contributed by atoms with Gasteiger partial charge in [-0.25, -0.2) is 4.98 Å². The first-order valence-electron chi connectivity index (χ1n) is 13.3. The summed E-state index contributed by atoms with van der Waals surface area (Å²) in [4.78, 5) is 44.4. The number of para-hydroxylation sites is 2. The number of ketones is 1. The topological polar surface area (TPSA) is 81.5 Å². The zero-order valence-electron chi connectivity index (χ0n) is 23.8. The molecule has 1 aliphatic rings. The van der Waals surface area contributed by atoms with Crippen LogP contribution in [0.3, 0.4) is 0 Å². The largest absolute Gasteiger partial charge is 0.466 e. The number of rotatable bonds is 9. The molecule has 0 radical (unpaired) electrons. The van der Waals surface area contributed by atoms with Gasteiger partial charge in [0, 0.05) is 24.5 Å². The number of allylic oxidation sites excluding steroid dienone is 2. The summed E-state index contributed by atoms with van der Waals surface area (Å²) in [5, 5.41) is 0. The van der Waals surface area contributed by atoms with Gasteiger partial charge in [-0.3, -0.25) is 14.4 Å². The molecule has 0 bridgehead atoms. The van der Waals surface area contributed by atoms with Crippen LogP contribution in [0, 0.1) is 0 Å². The lowest BCUT2D eigenvalue weighted by Crippen LogP contribution is -2.35. The minimum absolute atomic E-state index is 0.0546. The fourth-order valence-corrected chi connectivity index (χ4v) is 4.32. The van der Waals surface area contributed by atoms with Gasteiger partial charge < -0.3 is 14.2 Å². The standard InChI is InChI=1S/C23H31N3O4.C5H8.C2H6/c1-5-30-21(28)13-12-20(27)22-23(29)26(19-9-7-6-8-18(19)24-22)16(3)14-17-11-10-15(2)25(17)4;1-4-5(2)3;1-2/h6-9,15-17H,5,10-14H2,1-4H3;4H,1-2H2,3H3;1-2H3. The molecule has 7 nitrogen and oxygen atoms in total. The first kappa shape index (κ1) is 32.0. The highest BCUT2D eigenvalue weighted by atomic mass is 16.5. The van der Waals surface area contributed by atoms with E-state index in [1.165, 1.54) is 0 Å². The van der Waals surface area contributed by atoms with Gasteiger partial charge in [0.1, 0.15) is 0 Å². The monoisotopic (exact) mass is 511 g/mol. The third-order valence-corrected chi connectivity index (χ3v) is 6.51. The summed E-state index contributed by atoms with van der Waals surface area (Å²) in [6.45, 7) is 19.2. The second kappa shape index (κ2) is 15.9. The van der Waals surface area contributed by atoms with Crippen molar-refractivity contribution >= 4 is 22.8 Å². The van der Waals surface area contributed by atoms with Crippen molar-refractivity contribution in [1.29, 1.82) is 0 Å². The molecule has 1 aromatic heterocycles. The van der Waals surface area contributed by atoms with Gasteiger partial charge in [-0.2, -0.15) is 0 Å². The van der Waals surface area contributed by atoms with Crippen molar-refractivity contribution in [3.05, 3.63) is 65.1 Å². The Kier molecular flexibility index (Phi) is 13.8. The van der Waals surface area contributed by atoms with Crippen molar-refractivity contribution in [3.63, 3.8) is 0 Å². The van der Waals surface area contributed by atoms with Gasteiger partial charge in [0.15, 0.2) is 11.5 Å². The number of Topliss-reactive ketones (excluding diaryl/α,β-unsaturated/α-hetero) is 1. The number of nitrogens with zero attached hydrogens (tertiary/aromatic N) is 3.